The monoisotopic (exact) mass is 245 g/mol. The minimum atomic E-state index is 0.0336. The number of nitrogens with one attached hydrogen (secondary N) is 1. The Balaban J connectivity index is 2.30. The lowest BCUT2D eigenvalue weighted by atomic mass is 10.2. The lowest BCUT2D eigenvalue weighted by molar-refractivity contribution is 0.956. The molecular weight excluding hydrogens is 234 g/mol. The van der Waals surface area contributed by atoms with Crippen LogP contribution in [0.4, 0.5) is 0 Å². The number of rotatable bonds is 3. The summed E-state index contributed by atoms with van der Waals surface area (Å²) in [5.41, 5.74) is 6.94. The zero-order chi connectivity index (χ0) is 12.3. The van der Waals surface area contributed by atoms with Gasteiger partial charge in [-0.15, -0.1) is 0 Å². The fourth-order valence-corrected chi connectivity index (χ4v) is 2.07. The van der Waals surface area contributed by atoms with E-state index in [9.17, 15) is 0 Å². The van der Waals surface area contributed by atoms with Crippen molar-refractivity contribution in [2.45, 2.75) is 17.1 Å². The van der Waals surface area contributed by atoms with Crippen molar-refractivity contribution in [2.75, 3.05) is 0 Å². The Labute approximate surface area is 103 Å². The standard InChI is InChI=1S/C11H11N5S/c1-7-5-8(10(12)13)6-9(16-7)17-11-14-3-2-4-15-11/h2-6H,1H3,(H3,12,13). The molecule has 0 saturated carbocycles. The first-order chi connectivity index (χ1) is 8.15. The smallest absolute Gasteiger partial charge is 0.193 e. The van der Waals surface area contributed by atoms with E-state index in [0.717, 1.165) is 10.7 Å². The average molecular weight is 245 g/mol. The lowest BCUT2D eigenvalue weighted by Gasteiger charge is -2.04. The Morgan fingerprint density at radius 2 is 2.00 bits per heavy atom. The lowest BCUT2D eigenvalue weighted by Crippen LogP contribution is -2.11. The van der Waals surface area contributed by atoms with Crippen LogP contribution in [-0.4, -0.2) is 20.8 Å². The van der Waals surface area contributed by atoms with Crippen molar-refractivity contribution in [2.24, 2.45) is 5.73 Å². The van der Waals surface area contributed by atoms with Gasteiger partial charge in [0.25, 0.3) is 0 Å². The van der Waals surface area contributed by atoms with Crippen LogP contribution in [0.3, 0.4) is 0 Å². The first-order valence-electron chi connectivity index (χ1n) is 4.93. The molecule has 0 amide bonds. The van der Waals surface area contributed by atoms with Crippen LogP contribution < -0.4 is 5.73 Å². The summed E-state index contributed by atoms with van der Waals surface area (Å²) in [6.07, 6.45) is 3.36. The zero-order valence-electron chi connectivity index (χ0n) is 9.21. The van der Waals surface area contributed by atoms with Crippen molar-refractivity contribution in [3.05, 3.63) is 41.9 Å². The summed E-state index contributed by atoms with van der Waals surface area (Å²) in [5, 5.41) is 8.78. The molecule has 2 heterocycles. The molecule has 0 aromatic carbocycles. The van der Waals surface area contributed by atoms with Gasteiger partial charge < -0.3 is 5.73 Å². The first kappa shape index (κ1) is 11.5. The van der Waals surface area contributed by atoms with Crippen LogP contribution >= 0.6 is 11.8 Å². The molecule has 2 aromatic heterocycles. The molecule has 0 aliphatic carbocycles. The molecular formula is C11H11N5S. The molecule has 17 heavy (non-hydrogen) atoms. The summed E-state index contributed by atoms with van der Waals surface area (Å²) in [5.74, 6) is 0.0336. The van der Waals surface area contributed by atoms with Gasteiger partial charge in [-0.3, -0.25) is 5.41 Å². The number of aryl methyl sites for hydroxylation is 1. The van der Waals surface area contributed by atoms with Gasteiger partial charge in [0.05, 0.1) is 0 Å². The normalized spacial score (nSPS) is 10.2. The topological polar surface area (TPSA) is 88.5 Å². The molecule has 0 saturated heterocycles. The Bertz CT molecular complexity index is 541. The van der Waals surface area contributed by atoms with Crippen LogP contribution in [0.1, 0.15) is 11.3 Å². The molecule has 6 heteroatoms. The summed E-state index contributed by atoms with van der Waals surface area (Å²) in [7, 11) is 0. The maximum Gasteiger partial charge on any atom is 0.193 e. The summed E-state index contributed by atoms with van der Waals surface area (Å²) in [6.45, 7) is 1.86. The molecule has 0 radical (unpaired) electrons. The van der Waals surface area contributed by atoms with Gasteiger partial charge in [-0.2, -0.15) is 0 Å². The number of aromatic nitrogens is 3. The van der Waals surface area contributed by atoms with Crippen LogP contribution in [0.2, 0.25) is 0 Å². The SMILES string of the molecule is Cc1cc(C(=N)N)cc(Sc2ncccn2)n1. The number of nitrogens with two attached hydrogens (primary N) is 1. The highest BCUT2D eigenvalue weighted by Gasteiger charge is 2.05. The Kier molecular flexibility index (Phi) is 3.34. The quantitative estimate of drug-likeness (QED) is 0.487. The molecule has 0 atom stereocenters. The van der Waals surface area contributed by atoms with Gasteiger partial charge in [-0.05, 0) is 36.9 Å². The molecule has 3 N–H and O–H groups in total. The van der Waals surface area contributed by atoms with Crippen LogP contribution in [0.15, 0.2) is 40.8 Å². The molecule has 86 valence electrons. The van der Waals surface area contributed by atoms with Gasteiger partial charge in [0.2, 0.25) is 0 Å². The largest absolute Gasteiger partial charge is 0.384 e. The third kappa shape index (κ3) is 3.01. The molecule has 0 aliphatic rings. The van der Waals surface area contributed by atoms with E-state index in [1.165, 1.54) is 11.8 Å². The van der Waals surface area contributed by atoms with Crippen LogP contribution in [0, 0.1) is 12.3 Å². The summed E-state index contributed by atoms with van der Waals surface area (Å²) in [6, 6.07) is 5.29. The summed E-state index contributed by atoms with van der Waals surface area (Å²) >= 11 is 1.35. The highest BCUT2D eigenvalue weighted by molar-refractivity contribution is 7.99. The van der Waals surface area contributed by atoms with Crippen LogP contribution in [-0.2, 0) is 0 Å². The van der Waals surface area contributed by atoms with Gasteiger partial charge in [0.1, 0.15) is 10.9 Å². The first-order valence-corrected chi connectivity index (χ1v) is 5.75. The minimum absolute atomic E-state index is 0.0336. The second-order valence-electron chi connectivity index (χ2n) is 3.38. The van der Waals surface area contributed by atoms with Crippen LogP contribution in [0.25, 0.3) is 0 Å². The Hall–Kier alpha value is -1.95. The van der Waals surface area contributed by atoms with Gasteiger partial charge in [-0.25, -0.2) is 15.0 Å². The van der Waals surface area contributed by atoms with E-state index < -0.39 is 0 Å². The number of hydrogen-bond acceptors (Lipinski definition) is 5. The molecule has 0 aliphatic heterocycles. The Morgan fingerprint density at radius 3 is 2.65 bits per heavy atom. The van der Waals surface area contributed by atoms with Crippen molar-refractivity contribution in [1.29, 1.82) is 5.41 Å². The Morgan fingerprint density at radius 1 is 1.29 bits per heavy atom. The number of nitrogens with zero attached hydrogens (tertiary/aromatic N) is 3. The van der Waals surface area contributed by atoms with Gasteiger partial charge in [0, 0.05) is 23.7 Å². The highest BCUT2D eigenvalue weighted by atomic mass is 32.2. The maximum atomic E-state index is 7.42. The third-order valence-electron chi connectivity index (χ3n) is 1.98. The number of pyridine rings is 1. The maximum absolute atomic E-state index is 7.42. The number of hydrogen-bond donors (Lipinski definition) is 2. The number of amidine groups is 1. The molecule has 0 bridgehead atoms. The zero-order valence-corrected chi connectivity index (χ0v) is 10.0. The molecule has 5 nitrogen and oxygen atoms in total. The van der Waals surface area contributed by atoms with Crippen molar-refractivity contribution in [3.8, 4) is 0 Å². The van der Waals surface area contributed by atoms with Crippen molar-refractivity contribution in [1.82, 2.24) is 15.0 Å². The van der Waals surface area contributed by atoms with Crippen molar-refractivity contribution < 1.29 is 0 Å². The van der Waals surface area contributed by atoms with E-state index in [1.54, 1.807) is 30.6 Å². The number of nitrogen functional groups attached to an aromatic ring is 1. The van der Waals surface area contributed by atoms with E-state index in [4.69, 9.17) is 11.1 Å². The van der Waals surface area contributed by atoms with E-state index in [2.05, 4.69) is 15.0 Å². The van der Waals surface area contributed by atoms with E-state index in [0.29, 0.717) is 10.7 Å². The predicted molar refractivity (Wildman–Crippen MR) is 66.1 cm³/mol. The molecule has 0 fully saturated rings. The van der Waals surface area contributed by atoms with Crippen LogP contribution in [0.5, 0.6) is 0 Å². The summed E-state index contributed by atoms with van der Waals surface area (Å²) in [4.78, 5) is 12.6. The second-order valence-corrected chi connectivity index (χ2v) is 4.37. The van der Waals surface area contributed by atoms with Gasteiger partial charge in [-0.1, -0.05) is 0 Å². The third-order valence-corrected chi connectivity index (χ3v) is 2.79. The van der Waals surface area contributed by atoms with Crippen molar-refractivity contribution in [3.63, 3.8) is 0 Å². The summed E-state index contributed by atoms with van der Waals surface area (Å²) < 4.78 is 0. The minimum Gasteiger partial charge on any atom is -0.384 e. The van der Waals surface area contributed by atoms with E-state index >= 15 is 0 Å². The fourth-order valence-electron chi connectivity index (χ4n) is 1.28. The molecule has 0 spiro atoms. The second kappa shape index (κ2) is 4.92. The van der Waals surface area contributed by atoms with Gasteiger partial charge >= 0.3 is 0 Å². The van der Waals surface area contributed by atoms with Crippen molar-refractivity contribution >= 4 is 17.6 Å². The predicted octanol–water partition coefficient (Wildman–Crippen LogP) is 1.62. The van der Waals surface area contributed by atoms with Gasteiger partial charge in [0.15, 0.2) is 5.16 Å². The average Bonchev–Trinajstić information content (AvgIpc) is 2.29. The highest BCUT2D eigenvalue weighted by Crippen LogP contribution is 2.23. The fraction of sp³-hybridized carbons (Fsp3) is 0.0909. The van der Waals surface area contributed by atoms with E-state index in [1.807, 2.05) is 6.92 Å². The molecule has 2 aromatic rings. The van der Waals surface area contributed by atoms with E-state index in [-0.39, 0.29) is 5.84 Å². The molecule has 2 rings (SSSR count). The molecule has 0 unspecified atom stereocenters.